The lowest BCUT2D eigenvalue weighted by molar-refractivity contribution is 0.384. The molecule has 1 aromatic heterocycles. The normalized spacial score (nSPS) is 19.4. The number of aromatic nitrogens is 2. The number of nitrogens with one attached hydrogen (secondary N) is 1. The lowest BCUT2D eigenvalue weighted by Crippen LogP contribution is -2.37. The monoisotopic (exact) mass is 262 g/mol. The van der Waals surface area contributed by atoms with Gasteiger partial charge in [-0.3, -0.25) is 0 Å². The third kappa shape index (κ3) is 4.46. The predicted octanol–water partition coefficient (Wildman–Crippen LogP) is 2.40. The molecule has 0 amide bonds. The van der Waals surface area contributed by atoms with Crippen molar-refractivity contribution in [3.8, 4) is 0 Å². The Bertz CT molecular complexity index is 357. The number of rotatable bonds is 6. The Balaban J connectivity index is 1.79. The van der Waals surface area contributed by atoms with Gasteiger partial charge < -0.3 is 10.2 Å². The Morgan fingerprint density at radius 2 is 2.11 bits per heavy atom. The predicted molar refractivity (Wildman–Crippen MR) is 79.6 cm³/mol. The minimum atomic E-state index is 0.676. The van der Waals surface area contributed by atoms with Crippen LogP contribution in [0.25, 0.3) is 0 Å². The molecule has 4 heteroatoms. The van der Waals surface area contributed by atoms with Crippen LogP contribution in [0.15, 0.2) is 12.4 Å². The molecule has 0 aromatic carbocycles. The molecule has 1 atom stereocenters. The Kier molecular flexibility index (Phi) is 5.58. The van der Waals surface area contributed by atoms with Gasteiger partial charge in [0.15, 0.2) is 0 Å². The lowest BCUT2D eigenvalue weighted by atomic mass is 10.0. The zero-order chi connectivity index (χ0) is 13.5. The van der Waals surface area contributed by atoms with Gasteiger partial charge in [0.25, 0.3) is 0 Å². The second-order valence-electron chi connectivity index (χ2n) is 5.50. The smallest absolute Gasteiger partial charge is 0.224 e. The lowest BCUT2D eigenvalue weighted by Gasteiger charge is -2.26. The number of hydrogen-bond acceptors (Lipinski definition) is 4. The first-order valence-electron chi connectivity index (χ1n) is 7.55. The van der Waals surface area contributed by atoms with E-state index in [9.17, 15) is 0 Å². The van der Waals surface area contributed by atoms with Gasteiger partial charge in [0.1, 0.15) is 0 Å². The van der Waals surface area contributed by atoms with Gasteiger partial charge in [-0.15, -0.1) is 0 Å². The molecule has 0 spiro atoms. The van der Waals surface area contributed by atoms with E-state index in [1.54, 1.807) is 0 Å². The first-order chi connectivity index (χ1) is 9.29. The number of anilines is 1. The second kappa shape index (κ2) is 7.43. The maximum atomic E-state index is 4.46. The summed E-state index contributed by atoms with van der Waals surface area (Å²) in [5.74, 6) is 0.843. The zero-order valence-electron chi connectivity index (χ0n) is 12.2. The molecule has 1 fully saturated rings. The van der Waals surface area contributed by atoms with Crippen molar-refractivity contribution in [1.29, 1.82) is 0 Å². The average Bonchev–Trinajstić information content (AvgIpc) is 2.47. The van der Waals surface area contributed by atoms with E-state index in [0.717, 1.165) is 25.3 Å². The van der Waals surface area contributed by atoms with Gasteiger partial charge in [0.05, 0.1) is 0 Å². The van der Waals surface area contributed by atoms with E-state index in [2.05, 4.69) is 34.2 Å². The molecule has 0 aliphatic carbocycles. The summed E-state index contributed by atoms with van der Waals surface area (Å²) >= 11 is 0. The van der Waals surface area contributed by atoms with E-state index < -0.39 is 0 Å². The molecule has 4 nitrogen and oxygen atoms in total. The summed E-state index contributed by atoms with van der Waals surface area (Å²) in [5.41, 5.74) is 1.23. The molecule has 19 heavy (non-hydrogen) atoms. The highest BCUT2D eigenvalue weighted by Crippen LogP contribution is 2.12. The molecule has 1 unspecified atom stereocenters. The molecule has 106 valence electrons. The molecule has 1 aromatic rings. The average molecular weight is 262 g/mol. The van der Waals surface area contributed by atoms with Crippen LogP contribution in [0.4, 0.5) is 5.95 Å². The largest absolute Gasteiger partial charge is 0.344 e. The zero-order valence-corrected chi connectivity index (χ0v) is 12.2. The Hall–Kier alpha value is -1.16. The van der Waals surface area contributed by atoms with Gasteiger partial charge in [0.2, 0.25) is 5.95 Å². The molecule has 1 saturated heterocycles. The van der Waals surface area contributed by atoms with Gasteiger partial charge in [0, 0.05) is 32.0 Å². The summed E-state index contributed by atoms with van der Waals surface area (Å²) in [6.45, 7) is 4.37. The van der Waals surface area contributed by atoms with Crippen LogP contribution in [-0.4, -0.2) is 36.1 Å². The van der Waals surface area contributed by atoms with E-state index in [1.807, 2.05) is 12.4 Å². The van der Waals surface area contributed by atoms with Crippen LogP contribution in [0.3, 0.4) is 0 Å². The highest BCUT2D eigenvalue weighted by atomic mass is 15.2. The maximum absolute atomic E-state index is 4.46. The minimum absolute atomic E-state index is 0.676. The van der Waals surface area contributed by atoms with Crippen molar-refractivity contribution in [3.63, 3.8) is 0 Å². The molecular formula is C15H26N4. The SMILES string of the molecule is CCCc1cnc(N(C)CCC2CCCCN2)nc1. The van der Waals surface area contributed by atoms with E-state index >= 15 is 0 Å². The summed E-state index contributed by atoms with van der Waals surface area (Å²) in [6.07, 6.45) is 11.3. The van der Waals surface area contributed by atoms with Crippen LogP contribution < -0.4 is 10.2 Å². The van der Waals surface area contributed by atoms with Crippen molar-refractivity contribution >= 4 is 5.95 Å². The maximum Gasteiger partial charge on any atom is 0.224 e. The van der Waals surface area contributed by atoms with E-state index in [-0.39, 0.29) is 0 Å². The summed E-state index contributed by atoms with van der Waals surface area (Å²) in [5, 5.41) is 3.58. The van der Waals surface area contributed by atoms with Crippen molar-refractivity contribution in [2.75, 3.05) is 25.0 Å². The number of aryl methyl sites for hydroxylation is 1. The van der Waals surface area contributed by atoms with Crippen molar-refractivity contribution < 1.29 is 0 Å². The summed E-state index contributed by atoms with van der Waals surface area (Å²) in [4.78, 5) is 11.1. The second-order valence-corrected chi connectivity index (χ2v) is 5.50. The highest BCUT2D eigenvalue weighted by Gasteiger charge is 2.13. The number of piperidine rings is 1. The fourth-order valence-electron chi connectivity index (χ4n) is 2.58. The molecule has 0 radical (unpaired) electrons. The third-order valence-corrected chi connectivity index (χ3v) is 3.80. The fourth-order valence-corrected chi connectivity index (χ4v) is 2.58. The van der Waals surface area contributed by atoms with E-state index in [4.69, 9.17) is 0 Å². The summed E-state index contributed by atoms with van der Waals surface area (Å²) < 4.78 is 0. The molecule has 1 aliphatic heterocycles. The highest BCUT2D eigenvalue weighted by molar-refractivity contribution is 5.28. The van der Waals surface area contributed by atoms with Gasteiger partial charge in [-0.2, -0.15) is 0 Å². The summed E-state index contributed by atoms with van der Waals surface area (Å²) in [7, 11) is 2.08. The quantitative estimate of drug-likeness (QED) is 0.854. The van der Waals surface area contributed by atoms with Crippen molar-refractivity contribution in [1.82, 2.24) is 15.3 Å². The molecule has 0 bridgehead atoms. The van der Waals surface area contributed by atoms with Crippen LogP contribution in [0.1, 0.15) is 44.6 Å². The third-order valence-electron chi connectivity index (χ3n) is 3.80. The Morgan fingerprint density at radius 3 is 2.74 bits per heavy atom. The molecule has 2 rings (SSSR count). The molecule has 1 aliphatic rings. The van der Waals surface area contributed by atoms with Crippen molar-refractivity contribution in [3.05, 3.63) is 18.0 Å². The van der Waals surface area contributed by atoms with Crippen LogP contribution in [0.2, 0.25) is 0 Å². The van der Waals surface area contributed by atoms with E-state index in [0.29, 0.717) is 6.04 Å². The molecular weight excluding hydrogens is 236 g/mol. The molecule has 2 heterocycles. The Morgan fingerprint density at radius 1 is 1.32 bits per heavy atom. The van der Waals surface area contributed by atoms with Crippen LogP contribution in [0.5, 0.6) is 0 Å². The minimum Gasteiger partial charge on any atom is -0.344 e. The van der Waals surface area contributed by atoms with Crippen LogP contribution in [-0.2, 0) is 6.42 Å². The first kappa shape index (κ1) is 14.3. The van der Waals surface area contributed by atoms with Crippen LogP contribution in [0, 0.1) is 0 Å². The summed E-state index contributed by atoms with van der Waals surface area (Å²) in [6, 6.07) is 0.676. The van der Waals surface area contributed by atoms with Crippen molar-refractivity contribution in [2.24, 2.45) is 0 Å². The van der Waals surface area contributed by atoms with Gasteiger partial charge in [-0.1, -0.05) is 19.8 Å². The van der Waals surface area contributed by atoms with Crippen molar-refractivity contribution in [2.45, 2.75) is 51.5 Å². The molecule has 1 N–H and O–H groups in total. The van der Waals surface area contributed by atoms with Gasteiger partial charge >= 0.3 is 0 Å². The standard InChI is InChI=1S/C15H26N4/c1-3-6-13-11-17-15(18-12-13)19(2)10-8-14-7-4-5-9-16-14/h11-12,14,16H,3-10H2,1-2H3. The topological polar surface area (TPSA) is 41.1 Å². The number of nitrogens with zero attached hydrogens (tertiary/aromatic N) is 3. The van der Waals surface area contributed by atoms with Gasteiger partial charge in [-0.05, 0) is 37.8 Å². The van der Waals surface area contributed by atoms with E-state index in [1.165, 1.54) is 37.8 Å². The first-order valence-corrected chi connectivity index (χ1v) is 7.55. The van der Waals surface area contributed by atoms with Crippen LogP contribution >= 0.6 is 0 Å². The number of hydrogen-bond donors (Lipinski definition) is 1. The molecule has 0 saturated carbocycles. The fraction of sp³-hybridized carbons (Fsp3) is 0.733. The van der Waals surface area contributed by atoms with Gasteiger partial charge in [-0.25, -0.2) is 9.97 Å². The Labute approximate surface area is 116 Å².